The van der Waals surface area contributed by atoms with E-state index in [1.165, 1.54) is 0 Å². The lowest BCUT2D eigenvalue weighted by atomic mass is 9.98. The third-order valence-corrected chi connectivity index (χ3v) is 4.64. The molecule has 0 aliphatic heterocycles. The van der Waals surface area contributed by atoms with E-state index in [1.54, 1.807) is 11.9 Å². The number of nitrogens with zero attached hydrogens (tertiary/aromatic N) is 2. The summed E-state index contributed by atoms with van der Waals surface area (Å²) in [5.74, 6) is -0.0165. The molecule has 1 N–H and O–H groups in total. The smallest absolute Gasteiger partial charge is 0.253 e. The summed E-state index contributed by atoms with van der Waals surface area (Å²) in [6.07, 6.45) is 3.30. The topological polar surface area (TPSA) is 53.4 Å². The van der Waals surface area contributed by atoms with Crippen LogP contribution in [0.3, 0.4) is 0 Å². The van der Waals surface area contributed by atoms with Crippen molar-refractivity contribution in [3.8, 4) is 0 Å². The molecule has 1 amide bonds. The minimum Gasteiger partial charge on any atom is -0.390 e. The third-order valence-electron chi connectivity index (χ3n) is 4.64. The van der Waals surface area contributed by atoms with E-state index >= 15 is 0 Å². The molecule has 0 bridgehead atoms. The Labute approximate surface area is 160 Å². The van der Waals surface area contributed by atoms with Gasteiger partial charge in [0.1, 0.15) is 0 Å². The number of amides is 1. The number of benzene rings is 2. The summed E-state index contributed by atoms with van der Waals surface area (Å²) in [4.78, 5) is 18.9. The maximum Gasteiger partial charge on any atom is 0.253 e. The van der Waals surface area contributed by atoms with Crippen molar-refractivity contribution >= 4 is 16.8 Å². The molecular formula is C23H26N2O2. The molecule has 1 heterocycles. The quantitative estimate of drug-likeness (QED) is 0.715. The molecule has 3 aromatic rings. The Hall–Kier alpha value is -2.72. The summed E-state index contributed by atoms with van der Waals surface area (Å²) in [5.41, 5.74) is 3.07. The van der Waals surface area contributed by atoms with Crippen LogP contribution in [-0.2, 0) is 13.0 Å². The maximum absolute atomic E-state index is 12.7. The molecule has 1 aromatic heterocycles. The molecule has 0 spiro atoms. The Bertz CT molecular complexity index is 927. The molecule has 0 fully saturated rings. The van der Waals surface area contributed by atoms with Gasteiger partial charge in [0.2, 0.25) is 0 Å². The van der Waals surface area contributed by atoms with E-state index in [-0.39, 0.29) is 5.91 Å². The summed E-state index contributed by atoms with van der Waals surface area (Å²) >= 11 is 0. The molecule has 140 valence electrons. The molecule has 3 rings (SSSR count). The molecule has 2 aromatic carbocycles. The van der Waals surface area contributed by atoms with E-state index in [0.29, 0.717) is 18.5 Å². The summed E-state index contributed by atoms with van der Waals surface area (Å²) in [6.45, 7) is 4.13. The SMILES string of the molecule is CN(Cc1cnc2ccccc2c1)C(=O)c1ccc(CCC(C)(C)O)cc1. The Morgan fingerprint density at radius 1 is 1.07 bits per heavy atom. The van der Waals surface area contributed by atoms with Crippen LogP contribution in [0.25, 0.3) is 10.9 Å². The van der Waals surface area contributed by atoms with Crippen LogP contribution < -0.4 is 0 Å². The van der Waals surface area contributed by atoms with Crippen molar-refractivity contribution in [2.45, 2.75) is 38.8 Å². The van der Waals surface area contributed by atoms with E-state index in [9.17, 15) is 9.90 Å². The van der Waals surface area contributed by atoms with Crippen molar-refractivity contribution in [3.63, 3.8) is 0 Å². The molecule has 0 aliphatic rings. The zero-order chi connectivity index (χ0) is 19.4. The zero-order valence-corrected chi connectivity index (χ0v) is 16.1. The fourth-order valence-corrected chi connectivity index (χ4v) is 3.03. The number of hydrogen-bond donors (Lipinski definition) is 1. The van der Waals surface area contributed by atoms with Crippen molar-refractivity contribution in [1.29, 1.82) is 0 Å². The third kappa shape index (κ3) is 5.14. The Morgan fingerprint density at radius 2 is 1.78 bits per heavy atom. The van der Waals surface area contributed by atoms with Gasteiger partial charge < -0.3 is 10.0 Å². The summed E-state index contributed by atoms with van der Waals surface area (Å²) in [5, 5.41) is 10.9. The van der Waals surface area contributed by atoms with Crippen LogP contribution in [0.15, 0.2) is 60.8 Å². The highest BCUT2D eigenvalue weighted by atomic mass is 16.3. The van der Waals surface area contributed by atoms with Crippen LogP contribution in [0, 0.1) is 0 Å². The number of rotatable bonds is 6. The van der Waals surface area contributed by atoms with Crippen LogP contribution in [-0.4, -0.2) is 33.5 Å². The molecule has 0 saturated carbocycles. The highest BCUT2D eigenvalue weighted by Crippen LogP contribution is 2.17. The fraction of sp³-hybridized carbons (Fsp3) is 0.304. The molecule has 0 aliphatic carbocycles. The number of pyridine rings is 1. The molecular weight excluding hydrogens is 336 g/mol. The molecule has 0 saturated heterocycles. The summed E-state index contributed by atoms with van der Waals surface area (Å²) < 4.78 is 0. The van der Waals surface area contributed by atoms with Crippen molar-refractivity contribution in [2.75, 3.05) is 7.05 Å². The first kappa shape index (κ1) is 19.1. The number of fused-ring (bicyclic) bond motifs is 1. The first-order valence-electron chi connectivity index (χ1n) is 9.22. The largest absolute Gasteiger partial charge is 0.390 e. The predicted molar refractivity (Wildman–Crippen MR) is 109 cm³/mol. The Morgan fingerprint density at radius 3 is 2.48 bits per heavy atom. The zero-order valence-electron chi connectivity index (χ0n) is 16.1. The minimum atomic E-state index is -0.678. The summed E-state index contributed by atoms with van der Waals surface area (Å²) in [7, 11) is 1.81. The number of aromatic nitrogens is 1. The van der Waals surface area contributed by atoms with Crippen LogP contribution in [0.5, 0.6) is 0 Å². The lowest BCUT2D eigenvalue weighted by Gasteiger charge is -2.18. The Balaban J connectivity index is 1.65. The number of carbonyl (C=O) groups excluding carboxylic acids is 1. The van der Waals surface area contributed by atoms with E-state index < -0.39 is 5.60 Å². The van der Waals surface area contributed by atoms with Crippen molar-refractivity contribution in [3.05, 3.63) is 77.5 Å². The molecule has 0 atom stereocenters. The van der Waals surface area contributed by atoms with Gasteiger partial charge in [-0.2, -0.15) is 0 Å². The second-order valence-corrected chi connectivity index (χ2v) is 7.71. The predicted octanol–water partition coefficient (Wildman–Crippen LogP) is 4.21. The van der Waals surface area contributed by atoms with Gasteiger partial charge >= 0.3 is 0 Å². The van der Waals surface area contributed by atoms with Crippen LogP contribution in [0.1, 0.15) is 41.8 Å². The van der Waals surface area contributed by atoms with E-state index in [1.807, 2.05) is 68.6 Å². The van der Waals surface area contributed by atoms with E-state index in [0.717, 1.165) is 28.5 Å². The normalized spacial score (nSPS) is 11.6. The summed E-state index contributed by atoms with van der Waals surface area (Å²) in [6, 6.07) is 17.7. The highest BCUT2D eigenvalue weighted by Gasteiger charge is 2.14. The molecule has 0 radical (unpaired) electrons. The first-order valence-corrected chi connectivity index (χ1v) is 9.22. The number of para-hydroxylation sites is 1. The average Bonchev–Trinajstić information content (AvgIpc) is 2.65. The molecule has 4 heteroatoms. The van der Waals surface area contributed by atoms with Crippen molar-refractivity contribution in [1.82, 2.24) is 9.88 Å². The lowest BCUT2D eigenvalue weighted by molar-refractivity contribution is 0.0713. The van der Waals surface area contributed by atoms with Crippen LogP contribution >= 0.6 is 0 Å². The number of aliphatic hydroxyl groups is 1. The Kier molecular flexibility index (Phi) is 5.57. The molecule has 27 heavy (non-hydrogen) atoms. The van der Waals surface area contributed by atoms with Gasteiger partial charge in [-0.15, -0.1) is 0 Å². The molecule has 4 nitrogen and oxygen atoms in total. The van der Waals surface area contributed by atoms with Gasteiger partial charge in [0.15, 0.2) is 0 Å². The minimum absolute atomic E-state index is 0.0165. The van der Waals surface area contributed by atoms with Gasteiger partial charge in [0, 0.05) is 30.7 Å². The fourth-order valence-electron chi connectivity index (χ4n) is 3.03. The average molecular weight is 362 g/mol. The highest BCUT2D eigenvalue weighted by molar-refractivity contribution is 5.94. The number of hydrogen-bond acceptors (Lipinski definition) is 3. The van der Waals surface area contributed by atoms with Gasteiger partial charge in [-0.3, -0.25) is 9.78 Å². The van der Waals surface area contributed by atoms with Gasteiger partial charge in [-0.1, -0.05) is 30.3 Å². The second-order valence-electron chi connectivity index (χ2n) is 7.71. The van der Waals surface area contributed by atoms with Crippen molar-refractivity contribution < 1.29 is 9.90 Å². The first-order chi connectivity index (χ1) is 12.8. The van der Waals surface area contributed by atoms with Gasteiger partial charge in [0.25, 0.3) is 5.91 Å². The van der Waals surface area contributed by atoms with Crippen molar-refractivity contribution in [2.24, 2.45) is 0 Å². The van der Waals surface area contributed by atoms with Crippen LogP contribution in [0.4, 0.5) is 0 Å². The lowest BCUT2D eigenvalue weighted by Crippen LogP contribution is -2.26. The van der Waals surface area contributed by atoms with E-state index in [4.69, 9.17) is 0 Å². The second kappa shape index (κ2) is 7.89. The maximum atomic E-state index is 12.7. The monoisotopic (exact) mass is 362 g/mol. The number of aryl methyl sites for hydroxylation is 1. The van der Waals surface area contributed by atoms with Gasteiger partial charge in [-0.25, -0.2) is 0 Å². The van der Waals surface area contributed by atoms with E-state index in [2.05, 4.69) is 11.1 Å². The van der Waals surface area contributed by atoms with Crippen LogP contribution in [0.2, 0.25) is 0 Å². The number of carbonyl (C=O) groups is 1. The van der Waals surface area contributed by atoms with Gasteiger partial charge in [0.05, 0.1) is 11.1 Å². The standard InChI is InChI=1S/C23H26N2O2/c1-23(2,27)13-12-17-8-10-19(11-9-17)22(26)25(3)16-18-14-20-6-4-5-7-21(20)24-15-18/h4-11,14-15,27H,12-13,16H2,1-3H3. The van der Waals surface area contributed by atoms with Gasteiger partial charge in [-0.05, 0) is 62.1 Å². The molecule has 0 unspecified atom stereocenters.